The first kappa shape index (κ1) is 13.5. The number of aryl methyl sites for hydroxylation is 1. The second-order valence-corrected chi connectivity index (χ2v) is 6.42. The summed E-state index contributed by atoms with van der Waals surface area (Å²) in [6.45, 7) is 2.17. The van der Waals surface area contributed by atoms with Gasteiger partial charge in [0.05, 0.1) is 17.2 Å². The van der Waals surface area contributed by atoms with Gasteiger partial charge in [0.2, 0.25) is 0 Å². The Kier molecular flexibility index (Phi) is 3.84. The third-order valence-electron chi connectivity index (χ3n) is 2.85. The fraction of sp³-hybridized carbons (Fsp3) is 0.333. The normalized spacial score (nSPS) is 11.5. The summed E-state index contributed by atoms with van der Waals surface area (Å²) in [5.74, 6) is 0.920. The van der Waals surface area contributed by atoms with Crippen LogP contribution in [-0.2, 0) is 23.4 Å². The fourth-order valence-corrected chi connectivity index (χ4v) is 2.48. The van der Waals surface area contributed by atoms with Gasteiger partial charge in [-0.1, -0.05) is 6.92 Å². The number of aromatic nitrogens is 3. The third kappa shape index (κ3) is 3.11. The molecule has 0 atom stereocenters. The molecule has 0 spiro atoms. The molecule has 1 aromatic heterocycles. The molecule has 1 aromatic carbocycles. The second kappa shape index (κ2) is 5.40. The number of hydrogen-bond acceptors (Lipinski definition) is 5. The molecule has 0 saturated carbocycles. The van der Waals surface area contributed by atoms with Gasteiger partial charge in [0.15, 0.2) is 15.7 Å². The van der Waals surface area contributed by atoms with Gasteiger partial charge in [0.25, 0.3) is 0 Å². The molecule has 0 saturated heterocycles. The lowest BCUT2D eigenvalue weighted by Gasteiger charge is -2.07. The molecule has 0 fully saturated rings. The lowest BCUT2D eigenvalue weighted by molar-refractivity contribution is 0.597. The Bertz CT molecular complexity index is 647. The minimum absolute atomic E-state index is 0.110. The van der Waals surface area contributed by atoms with Crippen molar-refractivity contribution in [3.8, 4) is 0 Å². The number of benzene rings is 1. The molecule has 0 bridgehead atoms. The first-order valence-electron chi connectivity index (χ1n) is 5.92. The minimum Gasteiger partial charge on any atom is -0.378 e. The molecule has 0 aliphatic carbocycles. The van der Waals surface area contributed by atoms with E-state index in [1.165, 1.54) is 0 Å². The summed E-state index contributed by atoms with van der Waals surface area (Å²) in [6, 6.07) is 6.72. The average Bonchev–Trinajstić information content (AvgIpc) is 2.82. The van der Waals surface area contributed by atoms with Crippen molar-refractivity contribution >= 4 is 15.5 Å². The Labute approximate surface area is 112 Å². The molecule has 6 nitrogen and oxygen atoms in total. The van der Waals surface area contributed by atoms with E-state index in [1.54, 1.807) is 37.5 Å². The highest BCUT2D eigenvalue weighted by molar-refractivity contribution is 7.91. The van der Waals surface area contributed by atoms with Crippen LogP contribution in [0, 0.1) is 0 Å². The molecule has 0 aliphatic heterocycles. The van der Waals surface area contributed by atoms with Crippen LogP contribution in [0.25, 0.3) is 0 Å². The zero-order valence-electron chi connectivity index (χ0n) is 10.9. The predicted octanol–water partition coefficient (Wildman–Crippen LogP) is 1.22. The summed E-state index contributed by atoms with van der Waals surface area (Å²) in [6.07, 6.45) is 1.63. The number of nitrogens with one attached hydrogen (secondary N) is 1. The highest BCUT2D eigenvalue weighted by Gasteiger charge is 2.10. The Morgan fingerprint density at radius 3 is 2.47 bits per heavy atom. The van der Waals surface area contributed by atoms with E-state index in [9.17, 15) is 8.42 Å². The van der Waals surface area contributed by atoms with E-state index in [4.69, 9.17) is 0 Å². The molecule has 102 valence electrons. The Morgan fingerprint density at radius 2 is 1.95 bits per heavy atom. The van der Waals surface area contributed by atoms with Gasteiger partial charge in [0, 0.05) is 12.7 Å². The van der Waals surface area contributed by atoms with Crippen molar-refractivity contribution in [1.82, 2.24) is 14.8 Å². The van der Waals surface area contributed by atoms with Crippen LogP contribution in [0.1, 0.15) is 12.7 Å². The van der Waals surface area contributed by atoms with E-state index in [0.29, 0.717) is 11.4 Å². The first-order chi connectivity index (χ1) is 9.03. The quantitative estimate of drug-likeness (QED) is 0.891. The van der Waals surface area contributed by atoms with Crippen molar-refractivity contribution < 1.29 is 8.42 Å². The lowest BCUT2D eigenvalue weighted by atomic mass is 10.3. The summed E-state index contributed by atoms with van der Waals surface area (Å²) in [5, 5.41) is 10.9. The largest absolute Gasteiger partial charge is 0.378 e. The van der Waals surface area contributed by atoms with Crippen LogP contribution in [0.4, 0.5) is 5.69 Å². The van der Waals surface area contributed by atoms with Gasteiger partial charge in [-0.2, -0.15) is 0 Å². The molecule has 2 rings (SSSR count). The summed E-state index contributed by atoms with van der Waals surface area (Å²) in [5.41, 5.74) is 0.845. The summed E-state index contributed by atoms with van der Waals surface area (Å²) < 4.78 is 25.1. The standard InChI is InChI=1S/C12H16N4O2S/c1-3-19(17,18)11-6-4-10(5-7-11)13-8-12-15-14-9-16(12)2/h4-7,9,13H,3,8H2,1-2H3. The number of rotatable bonds is 5. The van der Waals surface area contributed by atoms with Crippen LogP contribution in [0.2, 0.25) is 0 Å². The van der Waals surface area contributed by atoms with E-state index >= 15 is 0 Å². The molecule has 19 heavy (non-hydrogen) atoms. The molecular formula is C12H16N4O2S. The Balaban J connectivity index is 2.06. The van der Waals surface area contributed by atoms with E-state index < -0.39 is 9.84 Å². The number of nitrogens with zero attached hydrogens (tertiary/aromatic N) is 3. The van der Waals surface area contributed by atoms with Crippen molar-refractivity contribution in [2.75, 3.05) is 11.1 Å². The maximum absolute atomic E-state index is 11.7. The molecule has 0 aliphatic rings. The van der Waals surface area contributed by atoms with Crippen molar-refractivity contribution in [2.24, 2.45) is 7.05 Å². The Morgan fingerprint density at radius 1 is 1.26 bits per heavy atom. The van der Waals surface area contributed by atoms with Crippen LogP contribution in [0.3, 0.4) is 0 Å². The SMILES string of the molecule is CCS(=O)(=O)c1ccc(NCc2nncn2C)cc1. The molecule has 1 heterocycles. The first-order valence-corrected chi connectivity index (χ1v) is 7.57. The predicted molar refractivity (Wildman–Crippen MR) is 72.5 cm³/mol. The summed E-state index contributed by atoms with van der Waals surface area (Å²) >= 11 is 0. The van der Waals surface area contributed by atoms with Gasteiger partial charge in [-0.05, 0) is 24.3 Å². The van der Waals surface area contributed by atoms with Crippen molar-refractivity contribution in [2.45, 2.75) is 18.4 Å². The van der Waals surface area contributed by atoms with Gasteiger partial charge >= 0.3 is 0 Å². The number of anilines is 1. The van der Waals surface area contributed by atoms with E-state index in [-0.39, 0.29) is 5.75 Å². The van der Waals surface area contributed by atoms with Crippen LogP contribution < -0.4 is 5.32 Å². The Hall–Kier alpha value is -1.89. The maximum atomic E-state index is 11.7. The maximum Gasteiger partial charge on any atom is 0.178 e. The van der Waals surface area contributed by atoms with Crippen LogP contribution in [0.15, 0.2) is 35.5 Å². The highest BCUT2D eigenvalue weighted by atomic mass is 32.2. The highest BCUT2D eigenvalue weighted by Crippen LogP contribution is 2.15. The van der Waals surface area contributed by atoms with Gasteiger partial charge in [0.1, 0.15) is 6.33 Å². The third-order valence-corrected chi connectivity index (χ3v) is 4.60. The average molecular weight is 280 g/mol. The smallest absolute Gasteiger partial charge is 0.178 e. The molecule has 1 N–H and O–H groups in total. The van der Waals surface area contributed by atoms with Crippen LogP contribution in [0.5, 0.6) is 0 Å². The van der Waals surface area contributed by atoms with Crippen molar-refractivity contribution in [1.29, 1.82) is 0 Å². The summed E-state index contributed by atoms with van der Waals surface area (Å²) in [4.78, 5) is 0.346. The fourth-order valence-electron chi connectivity index (χ4n) is 1.60. The summed E-state index contributed by atoms with van der Waals surface area (Å²) in [7, 11) is -1.27. The molecular weight excluding hydrogens is 264 g/mol. The molecule has 7 heteroatoms. The molecule has 2 aromatic rings. The number of sulfone groups is 1. The van der Waals surface area contributed by atoms with E-state index in [0.717, 1.165) is 11.5 Å². The zero-order valence-corrected chi connectivity index (χ0v) is 11.7. The topological polar surface area (TPSA) is 76.9 Å². The van der Waals surface area contributed by atoms with Gasteiger partial charge in [-0.3, -0.25) is 0 Å². The van der Waals surface area contributed by atoms with E-state index in [1.807, 2.05) is 11.6 Å². The van der Waals surface area contributed by atoms with Crippen LogP contribution in [-0.4, -0.2) is 28.9 Å². The second-order valence-electron chi connectivity index (χ2n) is 4.14. The van der Waals surface area contributed by atoms with Crippen LogP contribution >= 0.6 is 0 Å². The van der Waals surface area contributed by atoms with E-state index in [2.05, 4.69) is 15.5 Å². The van der Waals surface area contributed by atoms with Crippen molar-refractivity contribution in [3.63, 3.8) is 0 Å². The van der Waals surface area contributed by atoms with Gasteiger partial charge in [-0.25, -0.2) is 8.42 Å². The van der Waals surface area contributed by atoms with Crippen molar-refractivity contribution in [3.05, 3.63) is 36.4 Å². The zero-order chi connectivity index (χ0) is 13.9. The molecule has 0 radical (unpaired) electrons. The van der Waals surface area contributed by atoms with Gasteiger partial charge in [-0.15, -0.1) is 10.2 Å². The minimum atomic E-state index is -3.13. The monoisotopic (exact) mass is 280 g/mol. The van der Waals surface area contributed by atoms with Gasteiger partial charge < -0.3 is 9.88 Å². The molecule has 0 unspecified atom stereocenters. The number of hydrogen-bond donors (Lipinski definition) is 1. The molecule has 0 amide bonds. The lowest BCUT2D eigenvalue weighted by Crippen LogP contribution is -2.06.